The number of carboxylic acid groups (broad SMARTS) is 1. The van der Waals surface area contributed by atoms with E-state index in [1.165, 1.54) is 11.1 Å². The third-order valence-corrected chi connectivity index (χ3v) is 15.5. The molecule has 0 fully saturated rings. The molecule has 6 aliphatic rings. The second-order valence-corrected chi connectivity index (χ2v) is 22.6. The number of carbonyl (C=O) groups is 2. The first-order valence-corrected chi connectivity index (χ1v) is 26.4. The van der Waals surface area contributed by atoms with Crippen LogP contribution in [0.5, 0.6) is 11.5 Å². The number of aliphatic carboxylic acids is 1. The number of benzene rings is 3. The summed E-state index contributed by atoms with van der Waals surface area (Å²) in [6.45, 7) is 9.81. The van der Waals surface area contributed by atoms with E-state index in [4.69, 9.17) is 52.1 Å². The highest BCUT2D eigenvalue weighted by Gasteiger charge is 2.62. The van der Waals surface area contributed by atoms with E-state index in [2.05, 4.69) is 9.80 Å². The van der Waals surface area contributed by atoms with E-state index < -0.39 is 60.2 Å². The predicted octanol–water partition coefficient (Wildman–Crippen LogP) is 6.93. The van der Waals surface area contributed by atoms with E-state index >= 15 is 4.79 Å². The van der Waals surface area contributed by atoms with E-state index in [0.29, 0.717) is 83.7 Å². The zero-order valence-corrected chi connectivity index (χ0v) is 41.2. The van der Waals surface area contributed by atoms with Crippen LogP contribution in [0, 0.1) is 0 Å². The molecule has 0 bridgehead atoms. The van der Waals surface area contributed by atoms with E-state index in [0.717, 1.165) is 22.5 Å². The topological polar surface area (TPSA) is 219 Å². The number of hydrogen-bond donors (Lipinski definition) is 3. The van der Waals surface area contributed by atoms with Crippen LogP contribution in [0.15, 0.2) is 36.4 Å². The first-order valence-electron chi connectivity index (χ1n) is 22.4. The molecular weight excluding hydrogens is 966 g/mol. The number of carbonyl (C=O) groups excluding carboxylic acids is 1. The zero-order valence-electron chi connectivity index (χ0n) is 38.0. The summed E-state index contributed by atoms with van der Waals surface area (Å²) in [5, 5.41) is 10.2. The molecule has 0 aromatic heterocycles. The van der Waals surface area contributed by atoms with Gasteiger partial charge in [0, 0.05) is 57.1 Å². The number of nitrogens with zero attached hydrogens (tertiary/aromatic N) is 3. The van der Waals surface area contributed by atoms with Crippen molar-refractivity contribution in [1.82, 2.24) is 5.06 Å². The van der Waals surface area contributed by atoms with Gasteiger partial charge in [0.25, 0.3) is 26.1 Å². The van der Waals surface area contributed by atoms with Crippen LogP contribution in [0.2, 0.25) is 10.0 Å². The number of ether oxygens (including phenoxy) is 4. The lowest BCUT2D eigenvalue weighted by Crippen LogP contribution is -2.51. The Morgan fingerprint density at radius 2 is 1.18 bits per heavy atom. The molecule has 3 aromatic carbocycles. The average Bonchev–Trinajstić information content (AvgIpc) is 3.50. The Kier molecular flexibility index (Phi) is 12.8. The molecular formula is C47H53Cl2N3O14S2. The van der Waals surface area contributed by atoms with Crippen LogP contribution in [0.1, 0.15) is 96.3 Å². The SMILES string of the molecule is CC1(C)C=C(CS(=O)(=O)O)c2cc3c(c4c2N1CCC4)Oc1c(cc2c4c1CCCN4C(C)(C)C=C2CS(=O)(=O)O)C31c2c(Cl)ccc(Cl)c2C(=O)N1OCCOCCOCCOCCC(=O)O. The summed E-state index contributed by atoms with van der Waals surface area (Å²) >= 11 is 14.4. The van der Waals surface area contributed by atoms with Gasteiger partial charge in [-0.15, -0.1) is 0 Å². The number of amides is 1. The van der Waals surface area contributed by atoms with Crippen molar-refractivity contribution >= 4 is 77.8 Å². The third-order valence-electron chi connectivity index (χ3n) is 13.5. The fraction of sp³-hybridized carbons (Fsp3) is 0.489. The van der Waals surface area contributed by atoms with Gasteiger partial charge in [0.2, 0.25) is 0 Å². The van der Waals surface area contributed by atoms with E-state index in [1.54, 1.807) is 18.2 Å². The number of fused-ring (bicyclic) bond motifs is 8. The van der Waals surface area contributed by atoms with Crippen LogP contribution >= 0.6 is 23.2 Å². The lowest BCUT2D eigenvalue weighted by Gasteiger charge is -2.51. The Labute approximate surface area is 404 Å². The molecule has 0 saturated carbocycles. The average molecular weight is 1020 g/mol. The van der Waals surface area contributed by atoms with Gasteiger partial charge in [-0.3, -0.25) is 23.5 Å². The fourth-order valence-corrected chi connectivity index (χ4v) is 12.8. The van der Waals surface area contributed by atoms with Crippen molar-refractivity contribution in [3.05, 3.63) is 91.0 Å². The van der Waals surface area contributed by atoms with E-state index in [9.17, 15) is 30.7 Å². The Balaban J connectivity index is 1.25. The molecule has 0 saturated heterocycles. The number of halogens is 2. The molecule has 6 heterocycles. The van der Waals surface area contributed by atoms with Gasteiger partial charge >= 0.3 is 5.97 Å². The van der Waals surface area contributed by atoms with Crippen LogP contribution in [-0.2, 0) is 62.5 Å². The predicted molar refractivity (Wildman–Crippen MR) is 254 cm³/mol. The molecule has 1 amide bonds. The van der Waals surface area contributed by atoms with Crippen LogP contribution < -0.4 is 14.5 Å². The second-order valence-electron chi connectivity index (χ2n) is 18.9. The monoisotopic (exact) mass is 1020 g/mol. The summed E-state index contributed by atoms with van der Waals surface area (Å²) in [4.78, 5) is 37.1. The fourth-order valence-electron chi connectivity index (χ4n) is 11.0. The highest BCUT2D eigenvalue weighted by atomic mass is 35.5. The summed E-state index contributed by atoms with van der Waals surface area (Å²) in [6, 6.07) is 6.67. The molecule has 0 radical (unpaired) electrons. The molecule has 1 spiro atoms. The molecule has 17 nitrogen and oxygen atoms in total. The quantitative estimate of drug-likeness (QED) is 0.0922. The minimum absolute atomic E-state index is 0.0200. The van der Waals surface area contributed by atoms with Crippen LogP contribution in [0.25, 0.3) is 11.1 Å². The van der Waals surface area contributed by atoms with Gasteiger partial charge in [-0.25, -0.2) is 0 Å². The summed E-state index contributed by atoms with van der Waals surface area (Å²) in [5.74, 6) is -2.19. The van der Waals surface area contributed by atoms with Crippen LogP contribution in [0.4, 0.5) is 11.4 Å². The first-order chi connectivity index (χ1) is 32.0. The minimum Gasteiger partial charge on any atom is -0.481 e. The smallest absolute Gasteiger partial charge is 0.305 e. The molecule has 6 aliphatic heterocycles. The minimum atomic E-state index is -4.57. The Morgan fingerprint density at radius 1 is 0.721 bits per heavy atom. The van der Waals surface area contributed by atoms with Crippen molar-refractivity contribution in [2.24, 2.45) is 0 Å². The molecule has 9 rings (SSSR count). The highest BCUT2D eigenvalue weighted by molar-refractivity contribution is 7.86. The summed E-state index contributed by atoms with van der Waals surface area (Å²) < 4.78 is 96.0. The van der Waals surface area contributed by atoms with Crippen molar-refractivity contribution in [2.75, 3.05) is 80.6 Å². The summed E-state index contributed by atoms with van der Waals surface area (Å²) in [7, 11) is -9.14. The van der Waals surface area contributed by atoms with Gasteiger partial charge in [-0.1, -0.05) is 35.4 Å². The number of hydroxylamine groups is 2. The summed E-state index contributed by atoms with van der Waals surface area (Å²) in [6.07, 6.45) is 5.94. The van der Waals surface area contributed by atoms with Gasteiger partial charge in [0.1, 0.15) is 23.0 Å². The van der Waals surface area contributed by atoms with Gasteiger partial charge < -0.3 is 33.9 Å². The summed E-state index contributed by atoms with van der Waals surface area (Å²) in [5.41, 5.74) is 2.49. The van der Waals surface area contributed by atoms with Gasteiger partial charge in [-0.05, 0) is 88.8 Å². The molecule has 366 valence electrons. The van der Waals surface area contributed by atoms with Crippen molar-refractivity contribution in [1.29, 1.82) is 0 Å². The number of carboxylic acids is 1. The largest absolute Gasteiger partial charge is 0.481 e. The lowest BCUT2D eigenvalue weighted by atomic mass is 9.70. The normalized spacial score (nSPS) is 19.1. The first kappa shape index (κ1) is 48.7. The molecule has 3 N–H and O–H groups in total. The highest BCUT2D eigenvalue weighted by Crippen LogP contribution is 2.65. The van der Waals surface area contributed by atoms with Gasteiger partial charge in [-0.2, -0.15) is 21.9 Å². The van der Waals surface area contributed by atoms with E-state index in [1.807, 2.05) is 39.8 Å². The van der Waals surface area contributed by atoms with Gasteiger partial charge in [0.05, 0.1) is 85.7 Å². The van der Waals surface area contributed by atoms with Crippen LogP contribution in [-0.4, -0.2) is 130 Å². The lowest BCUT2D eigenvalue weighted by molar-refractivity contribution is -0.171. The molecule has 0 aliphatic carbocycles. The maximum absolute atomic E-state index is 15.3. The standard InChI is InChI=1S/C47H53Cl2N3O14S2/c1-45(2)23-27(25-67(56,57)58)31-21-33-42(29-7-5-12-50(45)40(29)31)66-43-30-8-6-13-51-41(30)32(28(24-46(51,3)4)26-68(59,60)61)22-34(43)47(33)39-36(49)10-9-35(48)38(39)44(55)52(47)65-20-19-64-18-17-63-16-15-62-14-11-37(53)54/h9-10,21-24H,5-8,11-20,25-26H2,1-4H3,(H,53,54)(H,56,57,58)(H,59,60,61). The number of hydrogen-bond acceptors (Lipinski definition) is 13. The van der Waals surface area contributed by atoms with Gasteiger partial charge in [0.15, 0.2) is 5.54 Å². The number of rotatable bonds is 17. The third kappa shape index (κ3) is 8.49. The maximum atomic E-state index is 15.3. The van der Waals surface area contributed by atoms with Crippen molar-refractivity contribution in [2.45, 2.75) is 76.4 Å². The molecule has 0 unspecified atom stereocenters. The van der Waals surface area contributed by atoms with Crippen molar-refractivity contribution in [3.8, 4) is 11.5 Å². The second kappa shape index (κ2) is 17.8. The Hall–Kier alpha value is -4.28. The van der Waals surface area contributed by atoms with Crippen molar-refractivity contribution < 1.29 is 64.4 Å². The number of anilines is 2. The zero-order chi connectivity index (χ0) is 48.7. The molecule has 21 heteroatoms. The molecule has 68 heavy (non-hydrogen) atoms. The molecule has 3 aromatic rings. The Bertz CT molecular complexity index is 2780. The van der Waals surface area contributed by atoms with E-state index in [-0.39, 0.29) is 73.8 Å². The maximum Gasteiger partial charge on any atom is 0.305 e. The van der Waals surface area contributed by atoms with Crippen LogP contribution in [0.3, 0.4) is 0 Å². The van der Waals surface area contributed by atoms with Crippen molar-refractivity contribution in [3.63, 3.8) is 0 Å². The molecule has 0 atom stereocenters. The Morgan fingerprint density at radius 3 is 1.65 bits per heavy atom.